The number of rotatable bonds is 9. The molecule has 12 heteroatoms. The second-order valence-corrected chi connectivity index (χ2v) is 8.99. The van der Waals surface area contributed by atoms with Crippen molar-refractivity contribution in [2.75, 3.05) is 44.9 Å². The maximum Gasteiger partial charge on any atom is 0.319 e. The molecule has 2 aliphatic rings. The molecule has 188 valence electrons. The first-order chi connectivity index (χ1) is 17.6. The minimum atomic E-state index is -0.313. The largest absolute Gasteiger partial charge is 0.490 e. The number of carbonyl (C=O) groups is 1. The Hall–Kier alpha value is -3.98. The molecule has 1 aliphatic heterocycles. The first-order valence-electron chi connectivity index (χ1n) is 12.1. The highest BCUT2D eigenvalue weighted by Crippen LogP contribution is 2.38. The fraction of sp³-hybridized carbons (Fsp3) is 0.500. The molecule has 0 aromatic carbocycles. The lowest BCUT2D eigenvalue weighted by Gasteiger charge is -2.32. The molecule has 0 bridgehead atoms. The standard InChI is InChI=1S/C24H28N8O4/c1-26-23(34)17-11-19(29-24(28-17)36-13-16-10-15(16)12-25)32-6-3-14(4-7-32)21-20-18(35-9-8-33)2-5-27-22(20)31-30-21/h2,5,11,14-16,33H,3-4,6-10,13H2,1H3,(H,26,34)(H,27,30,31)/t15?,16-/m1/s1. The zero-order valence-electron chi connectivity index (χ0n) is 20.0. The van der Waals surface area contributed by atoms with Gasteiger partial charge < -0.3 is 24.8 Å². The van der Waals surface area contributed by atoms with Crippen LogP contribution < -0.4 is 19.7 Å². The number of anilines is 1. The molecule has 4 heterocycles. The summed E-state index contributed by atoms with van der Waals surface area (Å²) in [5.74, 6) is 1.39. The minimum Gasteiger partial charge on any atom is -0.490 e. The van der Waals surface area contributed by atoms with Crippen LogP contribution in [0.4, 0.5) is 5.82 Å². The van der Waals surface area contributed by atoms with Crippen molar-refractivity contribution in [3.05, 3.63) is 29.7 Å². The van der Waals surface area contributed by atoms with Crippen LogP contribution in [0.25, 0.3) is 11.0 Å². The number of nitrogens with one attached hydrogen (secondary N) is 2. The summed E-state index contributed by atoms with van der Waals surface area (Å²) >= 11 is 0. The Morgan fingerprint density at radius 1 is 1.33 bits per heavy atom. The number of carbonyl (C=O) groups excluding carboxylic acids is 1. The van der Waals surface area contributed by atoms with Crippen LogP contribution in [0.3, 0.4) is 0 Å². The van der Waals surface area contributed by atoms with Crippen LogP contribution >= 0.6 is 0 Å². The average Bonchev–Trinajstić information content (AvgIpc) is 3.56. The van der Waals surface area contributed by atoms with Gasteiger partial charge in [0.2, 0.25) is 0 Å². The van der Waals surface area contributed by atoms with E-state index in [2.05, 4.69) is 41.4 Å². The molecule has 1 amide bonds. The van der Waals surface area contributed by atoms with E-state index in [1.807, 2.05) is 0 Å². The molecule has 3 aromatic heterocycles. The van der Waals surface area contributed by atoms with E-state index >= 15 is 0 Å². The first-order valence-corrected chi connectivity index (χ1v) is 12.1. The quantitative estimate of drug-likeness (QED) is 0.398. The molecule has 1 saturated carbocycles. The van der Waals surface area contributed by atoms with Crippen LogP contribution in [-0.4, -0.2) is 76.1 Å². The summed E-state index contributed by atoms with van der Waals surface area (Å²) in [5.41, 5.74) is 1.80. The van der Waals surface area contributed by atoms with Gasteiger partial charge in [-0.2, -0.15) is 20.3 Å². The summed E-state index contributed by atoms with van der Waals surface area (Å²) in [6.45, 7) is 1.91. The van der Waals surface area contributed by atoms with Crippen molar-refractivity contribution in [2.24, 2.45) is 11.8 Å². The number of piperidine rings is 1. The number of nitriles is 1. The monoisotopic (exact) mass is 492 g/mol. The van der Waals surface area contributed by atoms with Gasteiger partial charge in [-0.05, 0) is 25.3 Å². The second kappa shape index (κ2) is 10.3. The maximum absolute atomic E-state index is 12.3. The third kappa shape index (κ3) is 4.87. The van der Waals surface area contributed by atoms with Crippen molar-refractivity contribution in [3.63, 3.8) is 0 Å². The van der Waals surface area contributed by atoms with Gasteiger partial charge in [0.15, 0.2) is 5.65 Å². The third-order valence-electron chi connectivity index (χ3n) is 6.69. The lowest BCUT2D eigenvalue weighted by Crippen LogP contribution is -2.34. The molecule has 0 radical (unpaired) electrons. The molecule has 1 aliphatic carbocycles. The van der Waals surface area contributed by atoms with E-state index in [1.165, 1.54) is 0 Å². The molecule has 3 aromatic rings. The third-order valence-corrected chi connectivity index (χ3v) is 6.69. The van der Waals surface area contributed by atoms with E-state index in [4.69, 9.17) is 19.8 Å². The predicted octanol–water partition coefficient (Wildman–Crippen LogP) is 1.40. The fourth-order valence-electron chi connectivity index (χ4n) is 4.56. The lowest BCUT2D eigenvalue weighted by molar-refractivity contribution is 0.0956. The van der Waals surface area contributed by atoms with Crippen LogP contribution in [0.1, 0.15) is 41.4 Å². The number of hydrogen-bond acceptors (Lipinski definition) is 10. The van der Waals surface area contributed by atoms with E-state index in [0.717, 1.165) is 30.3 Å². The fourth-order valence-corrected chi connectivity index (χ4v) is 4.56. The number of amides is 1. The molecular formula is C24H28N8O4. The smallest absolute Gasteiger partial charge is 0.319 e. The van der Waals surface area contributed by atoms with Gasteiger partial charge in [0.25, 0.3) is 5.91 Å². The highest BCUT2D eigenvalue weighted by molar-refractivity contribution is 5.92. The molecule has 36 heavy (non-hydrogen) atoms. The summed E-state index contributed by atoms with van der Waals surface area (Å²) in [4.78, 5) is 27.6. The number of aromatic amines is 1. The molecular weight excluding hydrogens is 464 g/mol. The molecule has 5 rings (SSSR count). The van der Waals surface area contributed by atoms with Gasteiger partial charge in [-0.15, -0.1) is 0 Å². The van der Waals surface area contributed by atoms with Crippen molar-refractivity contribution < 1.29 is 19.4 Å². The van der Waals surface area contributed by atoms with E-state index < -0.39 is 0 Å². The number of aliphatic hydroxyl groups excluding tert-OH is 1. The number of hydrogen-bond donors (Lipinski definition) is 3. The van der Waals surface area contributed by atoms with E-state index in [0.29, 0.717) is 36.9 Å². The Balaban J connectivity index is 1.31. The van der Waals surface area contributed by atoms with Gasteiger partial charge in [0.05, 0.1) is 36.3 Å². The Bertz CT molecular complexity index is 1280. The molecule has 12 nitrogen and oxygen atoms in total. The summed E-state index contributed by atoms with van der Waals surface area (Å²) in [6, 6.07) is 5.86. The Labute approximate surface area is 207 Å². The zero-order valence-corrected chi connectivity index (χ0v) is 20.0. The van der Waals surface area contributed by atoms with Crippen molar-refractivity contribution >= 4 is 22.8 Å². The topological polar surface area (TPSA) is 162 Å². The van der Waals surface area contributed by atoms with Crippen LogP contribution in [0.5, 0.6) is 11.8 Å². The zero-order chi connectivity index (χ0) is 25.1. The van der Waals surface area contributed by atoms with Crippen molar-refractivity contribution in [2.45, 2.75) is 25.2 Å². The summed E-state index contributed by atoms with van der Waals surface area (Å²) < 4.78 is 11.5. The van der Waals surface area contributed by atoms with Gasteiger partial charge in [-0.25, -0.2) is 4.98 Å². The molecule has 0 spiro atoms. The van der Waals surface area contributed by atoms with E-state index in [1.54, 1.807) is 25.4 Å². The highest BCUT2D eigenvalue weighted by atomic mass is 16.5. The maximum atomic E-state index is 12.3. The average molecular weight is 493 g/mol. The van der Waals surface area contributed by atoms with E-state index in [9.17, 15) is 4.79 Å². The van der Waals surface area contributed by atoms with Gasteiger partial charge in [-0.1, -0.05) is 0 Å². The van der Waals surface area contributed by atoms with Crippen LogP contribution in [0.2, 0.25) is 0 Å². The SMILES string of the molecule is CNC(=O)c1cc(N2CCC(c3[nH]nc4nccc(OCCO)c34)CC2)nc(OC[C@H]2CC2C#N)n1. The number of aromatic nitrogens is 5. The number of fused-ring (bicyclic) bond motifs is 1. The van der Waals surface area contributed by atoms with Gasteiger partial charge in [0.1, 0.15) is 23.9 Å². The highest BCUT2D eigenvalue weighted by Gasteiger charge is 2.38. The molecule has 2 atom stereocenters. The van der Waals surface area contributed by atoms with Crippen molar-refractivity contribution in [1.29, 1.82) is 5.26 Å². The van der Waals surface area contributed by atoms with Crippen molar-refractivity contribution in [1.82, 2.24) is 30.5 Å². The predicted molar refractivity (Wildman–Crippen MR) is 129 cm³/mol. The summed E-state index contributed by atoms with van der Waals surface area (Å²) in [7, 11) is 1.56. The van der Waals surface area contributed by atoms with E-state index in [-0.39, 0.29) is 48.6 Å². The molecule has 1 saturated heterocycles. The number of H-pyrrole nitrogens is 1. The lowest BCUT2D eigenvalue weighted by atomic mass is 9.92. The number of nitrogens with zero attached hydrogens (tertiary/aromatic N) is 6. The second-order valence-electron chi connectivity index (χ2n) is 8.99. The van der Waals surface area contributed by atoms with Crippen LogP contribution in [-0.2, 0) is 0 Å². The normalized spacial score (nSPS) is 19.6. The Morgan fingerprint density at radius 3 is 2.89 bits per heavy atom. The van der Waals surface area contributed by atoms with Gasteiger partial charge in [-0.3, -0.25) is 9.89 Å². The summed E-state index contributed by atoms with van der Waals surface area (Å²) in [6.07, 6.45) is 4.11. The van der Waals surface area contributed by atoms with Crippen LogP contribution in [0, 0.1) is 23.2 Å². The summed E-state index contributed by atoms with van der Waals surface area (Å²) in [5, 5.41) is 29.1. The van der Waals surface area contributed by atoms with Gasteiger partial charge in [0, 0.05) is 44.2 Å². The molecule has 1 unspecified atom stereocenters. The van der Waals surface area contributed by atoms with Crippen molar-refractivity contribution in [3.8, 4) is 17.8 Å². The first kappa shape index (κ1) is 23.7. The molecule has 2 fully saturated rings. The molecule has 3 N–H and O–H groups in total. The number of aliphatic hydroxyl groups is 1. The number of pyridine rings is 1. The number of ether oxygens (including phenoxy) is 2. The minimum absolute atomic E-state index is 0.0222. The Kier molecular flexibility index (Phi) is 6.81. The van der Waals surface area contributed by atoms with Crippen LogP contribution in [0.15, 0.2) is 18.3 Å². The Morgan fingerprint density at radius 2 is 2.17 bits per heavy atom. The van der Waals surface area contributed by atoms with Gasteiger partial charge >= 0.3 is 6.01 Å².